The third-order valence-electron chi connectivity index (χ3n) is 5.02. The van der Waals surface area contributed by atoms with Crippen LogP contribution in [0.2, 0.25) is 0 Å². The summed E-state index contributed by atoms with van der Waals surface area (Å²) < 4.78 is 11.2. The van der Waals surface area contributed by atoms with Crippen LogP contribution in [0.4, 0.5) is 0 Å². The molecule has 0 saturated heterocycles. The first-order valence-electron chi connectivity index (χ1n) is 7.88. The summed E-state index contributed by atoms with van der Waals surface area (Å²) in [5.41, 5.74) is 1.16. The number of unbranched alkanes of at least 4 members (excludes halogenated alkanes) is 1. The van der Waals surface area contributed by atoms with Crippen LogP contribution in [0.1, 0.15) is 39.5 Å². The molecular formula is C17H22O4. The van der Waals surface area contributed by atoms with Crippen molar-refractivity contribution >= 4 is 11.8 Å². The predicted octanol–water partition coefficient (Wildman–Crippen LogP) is 2.78. The molecule has 5 atom stereocenters. The Morgan fingerprint density at radius 2 is 2.05 bits per heavy atom. The van der Waals surface area contributed by atoms with Gasteiger partial charge in [0.1, 0.15) is 12.2 Å². The Labute approximate surface area is 125 Å². The first kappa shape index (κ1) is 14.4. The second-order valence-corrected chi connectivity index (χ2v) is 6.34. The van der Waals surface area contributed by atoms with Crippen LogP contribution in [0.15, 0.2) is 24.0 Å². The number of hydrogen-bond acceptors (Lipinski definition) is 4. The fourth-order valence-corrected chi connectivity index (χ4v) is 3.90. The molecule has 0 bridgehead atoms. The minimum atomic E-state index is -0.245. The van der Waals surface area contributed by atoms with Gasteiger partial charge in [-0.2, -0.15) is 0 Å². The molecule has 0 aromatic rings. The van der Waals surface area contributed by atoms with Gasteiger partial charge in [-0.3, -0.25) is 4.79 Å². The first-order chi connectivity index (χ1) is 10.1. The van der Waals surface area contributed by atoms with Gasteiger partial charge in [0.2, 0.25) is 0 Å². The maximum atomic E-state index is 12.1. The zero-order valence-corrected chi connectivity index (χ0v) is 12.6. The Hall–Kier alpha value is -1.58. The quantitative estimate of drug-likeness (QED) is 0.750. The van der Waals surface area contributed by atoms with Gasteiger partial charge in [-0.05, 0) is 19.3 Å². The molecule has 3 aliphatic rings. The van der Waals surface area contributed by atoms with E-state index in [4.69, 9.17) is 9.47 Å². The molecule has 1 saturated carbocycles. The molecule has 21 heavy (non-hydrogen) atoms. The molecule has 4 nitrogen and oxygen atoms in total. The minimum absolute atomic E-state index is 0.0388. The molecule has 5 unspecified atom stereocenters. The molecule has 1 fully saturated rings. The van der Waals surface area contributed by atoms with Gasteiger partial charge in [0.15, 0.2) is 5.78 Å². The first-order valence-corrected chi connectivity index (χ1v) is 7.88. The molecule has 2 heterocycles. The lowest BCUT2D eigenvalue weighted by Gasteiger charge is -2.47. The molecule has 1 aliphatic carbocycles. The van der Waals surface area contributed by atoms with Gasteiger partial charge in [0.25, 0.3) is 0 Å². The van der Waals surface area contributed by atoms with Crippen molar-refractivity contribution in [1.82, 2.24) is 0 Å². The number of esters is 1. The Balaban J connectivity index is 1.88. The summed E-state index contributed by atoms with van der Waals surface area (Å²) in [4.78, 5) is 24.0. The maximum absolute atomic E-state index is 12.1. The van der Waals surface area contributed by atoms with E-state index in [-0.39, 0.29) is 41.7 Å². The number of fused-ring (bicyclic) bond motifs is 2. The standard InChI is InChI=1S/C17H22O4/c1-3-4-5-11-8-15(19)21-17-10(2)16-13(9-12(11)17)14(18)6-7-20-16/h6-8,10,12-13,16-17H,3-5,9H2,1-2H3. The second kappa shape index (κ2) is 5.66. The molecule has 114 valence electrons. The van der Waals surface area contributed by atoms with Crippen LogP contribution in [-0.2, 0) is 19.1 Å². The second-order valence-electron chi connectivity index (χ2n) is 6.34. The number of allylic oxidation sites excluding steroid dienone is 1. The average molecular weight is 290 g/mol. The molecule has 0 aromatic carbocycles. The van der Waals surface area contributed by atoms with Crippen molar-refractivity contribution in [2.24, 2.45) is 17.8 Å². The minimum Gasteiger partial charge on any atom is -0.497 e. The largest absolute Gasteiger partial charge is 0.497 e. The van der Waals surface area contributed by atoms with Gasteiger partial charge in [-0.15, -0.1) is 0 Å². The molecule has 0 N–H and O–H groups in total. The monoisotopic (exact) mass is 290 g/mol. The summed E-state index contributed by atoms with van der Waals surface area (Å²) in [6.07, 6.45) is 8.14. The molecular weight excluding hydrogens is 268 g/mol. The highest BCUT2D eigenvalue weighted by Crippen LogP contribution is 2.45. The van der Waals surface area contributed by atoms with Gasteiger partial charge in [-0.1, -0.05) is 25.8 Å². The van der Waals surface area contributed by atoms with Gasteiger partial charge in [0.05, 0.1) is 12.2 Å². The summed E-state index contributed by atoms with van der Waals surface area (Å²) in [6, 6.07) is 0. The number of ketones is 1. The van der Waals surface area contributed by atoms with E-state index in [9.17, 15) is 9.59 Å². The van der Waals surface area contributed by atoms with Crippen LogP contribution in [-0.4, -0.2) is 24.0 Å². The Morgan fingerprint density at radius 3 is 2.81 bits per heavy atom. The van der Waals surface area contributed by atoms with E-state index < -0.39 is 0 Å². The lowest BCUT2D eigenvalue weighted by atomic mass is 9.66. The average Bonchev–Trinajstić information content (AvgIpc) is 2.47. The summed E-state index contributed by atoms with van der Waals surface area (Å²) in [7, 11) is 0. The SMILES string of the molecule is CCCCC1=CC(=O)OC2C1CC1C(=O)C=COC1C2C. The van der Waals surface area contributed by atoms with E-state index >= 15 is 0 Å². The summed E-state index contributed by atoms with van der Waals surface area (Å²) in [6.45, 7) is 4.17. The number of ether oxygens (including phenoxy) is 2. The molecule has 4 heteroatoms. The summed E-state index contributed by atoms with van der Waals surface area (Å²) in [5.74, 6) is 0.00294. The molecule has 0 radical (unpaired) electrons. The van der Waals surface area contributed by atoms with Crippen molar-refractivity contribution in [1.29, 1.82) is 0 Å². The van der Waals surface area contributed by atoms with Crippen molar-refractivity contribution in [3.05, 3.63) is 24.0 Å². The molecule has 0 spiro atoms. The fraction of sp³-hybridized carbons (Fsp3) is 0.647. The summed E-state index contributed by atoms with van der Waals surface area (Å²) in [5, 5.41) is 0. The molecule has 0 aromatic heterocycles. The summed E-state index contributed by atoms with van der Waals surface area (Å²) >= 11 is 0. The predicted molar refractivity (Wildman–Crippen MR) is 77.3 cm³/mol. The lowest BCUT2D eigenvalue weighted by molar-refractivity contribution is -0.164. The van der Waals surface area contributed by atoms with E-state index in [1.54, 1.807) is 6.08 Å². The van der Waals surface area contributed by atoms with E-state index in [1.165, 1.54) is 12.3 Å². The number of hydrogen-bond donors (Lipinski definition) is 0. The van der Waals surface area contributed by atoms with Gasteiger partial charge < -0.3 is 9.47 Å². The van der Waals surface area contributed by atoms with Crippen LogP contribution in [0, 0.1) is 17.8 Å². The van der Waals surface area contributed by atoms with Crippen molar-refractivity contribution in [2.75, 3.05) is 0 Å². The zero-order valence-electron chi connectivity index (χ0n) is 12.6. The fourth-order valence-electron chi connectivity index (χ4n) is 3.90. The van der Waals surface area contributed by atoms with E-state index in [1.807, 2.05) is 6.92 Å². The van der Waals surface area contributed by atoms with Crippen LogP contribution in [0.25, 0.3) is 0 Å². The third-order valence-corrected chi connectivity index (χ3v) is 5.02. The maximum Gasteiger partial charge on any atom is 0.331 e. The Morgan fingerprint density at radius 1 is 1.24 bits per heavy atom. The van der Waals surface area contributed by atoms with E-state index in [0.29, 0.717) is 0 Å². The van der Waals surface area contributed by atoms with Crippen molar-refractivity contribution in [3.8, 4) is 0 Å². The number of rotatable bonds is 3. The van der Waals surface area contributed by atoms with Crippen molar-refractivity contribution in [2.45, 2.75) is 51.7 Å². The number of carbonyl (C=O) groups is 2. The number of carbonyl (C=O) groups excluding carboxylic acids is 2. The van der Waals surface area contributed by atoms with Crippen LogP contribution in [0.3, 0.4) is 0 Å². The van der Waals surface area contributed by atoms with Crippen molar-refractivity contribution < 1.29 is 19.1 Å². The lowest BCUT2D eigenvalue weighted by Crippen LogP contribution is -2.53. The van der Waals surface area contributed by atoms with E-state index in [2.05, 4.69) is 6.92 Å². The van der Waals surface area contributed by atoms with Gasteiger partial charge >= 0.3 is 5.97 Å². The third kappa shape index (κ3) is 2.52. The van der Waals surface area contributed by atoms with Crippen molar-refractivity contribution in [3.63, 3.8) is 0 Å². The van der Waals surface area contributed by atoms with Crippen LogP contribution >= 0.6 is 0 Å². The van der Waals surface area contributed by atoms with Crippen LogP contribution in [0.5, 0.6) is 0 Å². The molecule has 3 rings (SSSR count). The topological polar surface area (TPSA) is 52.6 Å². The highest BCUT2D eigenvalue weighted by atomic mass is 16.5. The normalized spacial score (nSPS) is 38.0. The Kier molecular flexibility index (Phi) is 3.87. The van der Waals surface area contributed by atoms with Gasteiger partial charge in [0, 0.05) is 24.0 Å². The van der Waals surface area contributed by atoms with E-state index in [0.717, 1.165) is 31.3 Å². The zero-order chi connectivity index (χ0) is 15.0. The molecule has 0 amide bonds. The molecule has 2 aliphatic heterocycles. The smallest absolute Gasteiger partial charge is 0.331 e. The van der Waals surface area contributed by atoms with Crippen LogP contribution < -0.4 is 0 Å². The van der Waals surface area contributed by atoms with Gasteiger partial charge in [-0.25, -0.2) is 4.79 Å². The highest BCUT2D eigenvalue weighted by molar-refractivity contribution is 5.93. The highest BCUT2D eigenvalue weighted by Gasteiger charge is 2.50. The Bertz CT molecular complexity index is 505.